The first-order valence-electron chi connectivity index (χ1n) is 12.3. The van der Waals surface area contributed by atoms with E-state index in [-0.39, 0.29) is 17.6 Å². The maximum Gasteiger partial charge on any atom is 0.416 e. The molecule has 0 unspecified atom stereocenters. The summed E-state index contributed by atoms with van der Waals surface area (Å²) in [6.07, 6.45) is 0.173. The van der Waals surface area contributed by atoms with Gasteiger partial charge in [-0.15, -0.1) is 0 Å². The molecule has 3 aliphatic rings. The number of hydrogen-bond donors (Lipinski definition) is 0. The zero-order valence-corrected chi connectivity index (χ0v) is 19.6. The number of piperidine rings is 1. The molecule has 9 heteroatoms. The quantitative estimate of drug-likeness (QED) is 0.503. The van der Waals surface area contributed by atoms with Gasteiger partial charge in [0, 0.05) is 31.2 Å². The summed E-state index contributed by atoms with van der Waals surface area (Å²) < 4.78 is 39.5. The summed E-state index contributed by atoms with van der Waals surface area (Å²) in [5, 5.41) is 1.02. The van der Waals surface area contributed by atoms with Gasteiger partial charge in [0.2, 0.25) is 5.91 Å². The Balaban J connectivity index is 1.20. The molecule has 2 aromatic heterocycles. The zero-order chi connectivity index (χ0) is 25.1. The second kappa shape index (κ2) is 8.28. The van der Waals surface area contributed by atoms with E-state index >= 15 is 0 Å². The molecule has 186 valence electrons. The van der Waals surface area contributed by atoms with Crippen LogP contribution in [-0.2, 0) is 11.0 Å². The van der Waals surface area contributed by atoms with Gasteiger partial charge in [0.05, 0.1) is 16.5 Å². The first kappa shape index (κ1) is 22.9. The molecule has 4 heterocycles. The summed E-state index contributed by atoms with van der Waals surface area (Å²) in [5.74, 6) is 0.0741. The second-order valence-corrected chi connectivity index (χ2v) is 10.1. The smallest absolute Gasteiger partial charge is 0.337 e. The molecule has 0 N–H and O–H groups in total. The highest BCUT2D eigenvalue weighted by molar-refractivity contribution is 6.00. The molecular formula is C27H25F3N4O2. The van der Waals surface area contributed by atoms with Crippen LogP contribution in [0.15, 0.2) is 48.7 Å². The molecule has 1 saturated carbocycles. The zero-order valence-electron chi connectivity index (χ0n) is 19.6. The van der Waals surface area contributed by atoms with Crippen LogP contribution in [0.5, 0.6) is 0 Å². The summed E-state index contributed by atoms with van der Waals surface area (Å²) in [7, 11) is 0. The molecule has 0 radical (unpaired) electrons. The van der Waals surface area contributed by atoms with Crippen molar-refractivity contribution in [1.29, 1.82) is 0 Å². The van der Waals surface area contributed by atoms with Crippen LogP contribution >= 0.6 is 0 Å². The van der Waals surface area contributed by atoms with Gasteiger partial charge in [0.15, 0.2) is 0 Å². The van der Waals surface area contributed by atoms with Crippen LogP contribution in [0, 0.1) is 5.41 Å². The molecular weight excluding hydrogens is 469 g/mol. The lowest BCUT2D eigenvalue weighted by Gasteiger charge is -2.38. The van der Waals surface area contributed by atoms with Crippen molar-refractivity contribution in [3.63, 3.8) is 0 Å². The fourth-order valence-electron chi connectivity index (χ4n) is 5.54. The van der Waals surface area contributed by atoms with Crippen molar-refractivity contribution in [2.45, 2.75) is 44.2 Å². The van der Waals surface area contributed by atoms with Gasteiger partial charge < -0.3 is 4.90 Å². The number of alkyl halides is 3. The third-order valence-electron chi connectivity index (χ3n) is 7.84. The highest BCUT2D eigenvalue weighted by atomic mass is 19.4. The molecule has 2 aliphatic heterocycles. The number of pyridine rings is 2. The standard InChI is InChI=1S/C27H25F3N4O2/c28-27(29,30)19-7-11-31-22(16-19)34-14-10-26(25(34)36)8-12-33(13-9-26)24(35)23-20(17-5-6-17)15-18-3-1-2-4-21(18)32-23/h1-4,7,11,15-17H,5-6,8-10,12-14H2. The number of halogens is 3. The average Bonchev–Trinajstić information content (AvgIpc) is 3.68. The number of hydrogen-bond acceptors (Lipinski definition) is 4. The summed E-state index contributed by atoms with van der Waals surface area (Å²) in [6, 6.07) is 11.7. The molecule has 3 fully saturated rings. The largest absolute Gasteiger partial charge is 0.416 e. The minimum absolute atomic E-state index is 0.0274. The average molecular weight is 495 g/mol. The Morgan fingerprint density at radius 3 is 2.44 bits per heavy atom. The van der Waals surface area contributed by atoms with Gasteiger partial charge in [-0.05, 0) is 67.9 Å². The monoisotopic (exact) mass is 494 g/mol. The lowest BCUT2D eigenvalue weighted by molar-refractivity contribution is -0.137. The van der Waals surface area contributed by atoms with E-state index in [0.29, 0.717) is 50.5 Å². The fourth-order valence-corrected chi connectivity index (χ4v) is 5.54. The first-order chi connectivity index (χ1) is 17.2. The van der Waals surface area contributed by atoms with E-state index in [1.807, 2.05) is 24.3 Å². The van der Waals surface area contributed by atoms with Crippen LogP contribution in [0.4, 0.5) is 19.0 Å². The number of aromatic nitrogens is 2. The number of fused-ring (bicyclic) bond motifs is 1. The van der Waals surface area contributed by atoms with Gasteiger partial charge in [-0.25, -0.2) is 9.97 Å². The van der Waals surface area contributed by atoms with E-state index in [2.05, 4.69) is 11.1 Å². The van der Waals surface area contributed by atoms with Gasteiger partial charge in [-0.3, -0.25) is 14.5 Å². The Morgan fingerprint density at radius 1 is 1.00 bits per heavy atom. The number of rotatable bonds is 3. The van der Waals surface area contributed by atoms with Gasteiger partial charge in [-0.2, -0.15) is 13.2 Å². The van der Waals surface area contributed by atoms with Crippen molar-refractivity contribution in [2.75, 3.05) is 24.5 Å². The van der Waals surface area contributed by atoms with Crippen molar-refractivity contribution < 1.29 is 22.8 Å². The van der Waals surface area contributed by atoms with Crippen LogP contribution in [0.3, 0.4) is 0 Å². The number of nitrogens with zero attached hydrogens (tertiary/aromatic N) is 4. The maximum absolute atomic E-state index is 13.6. The Kier molecular flexibility index (Phi) is 5.28. The Morgan fingerprint density at radius 2 is 1.72 bits per heavy atom. The van der Waals surface area contributed by atoms with E-state index in [1.165, 1.54) is 4.90 Å². The normalized spacial score (nSPS) is 19.9. The van der Waals surface area contributed by atoms with Crippen molar-refractivity contribution in [1.82, 2.24) is 14.9 Å². The number of anilines is 1. The molecule has 0 bridgehead atoms. The number of benzene rings is 1. The number of amides is 2. The second-order valence-electron chi connectivity index (χ2n) is 10.1. The van der Waals surface area contributed by atoms with Gasteiger partial charge in [0.25, 0.3) is 5.91 Å². The Labute approximate surface area is 206 Å². The van der Waals surface area contributed by atoms with Crippen molar-refractivity contribution in [2.24, 2.45) is 5.41 Å². The first-order valence-corrected chi connectivity index (χ1v) is 12.3. The highest BCUT2D eigenvalue weighted by Gasteiger charge is 2.50. The van der Waals surface area contributed by atoms with E-state index in [9.17, 15) is 22.8 Å². The van der Waals surface area contributed by atoms with Crippen LogP contribution in [0.2, 0.25) is 0 Å². The fraction of sp³-hybridized carbons (Fsp3) is 0.407. The number of likely N-dealkylation sites (tertiary alicyclic amines) is 1. The summed E-state index contributed by atoms with van der Waals surface area (Å²) >= 11 is 0. The predicted molar refractivity (Wildman–Crippen MR) is 127 cm³/mol. The molecule has 6 nitrogen and oxygen atoms in total. The predicted octanol–water partition coefficient (Wildman–Crippen LogP) is 5.19. The van der Waals surface area contributed by atoms with E-state index in [4.69, 9.17) is 4.98 Å². The lowest BCUT2D eigenvalue weighted by atomic mass is 9.77. The topological polar surface area (TPSA) is 66.4 Å². The molecule has 1 spiro atoms. The van der Waals surface area contributed by atoms with Crippen molar-refractivity contribution >= 4 is 28.5 Å². The van der Waals surface area contributed by atoms with Crippen LogP contribution < -0.4 is 4.90 Å². The minimum atomic E-state index is -4.50. The SMILES string of the molecule is O=C(c1nc2ccccc2cc1C1CC1)N1CCC2(CC1)CCN(c1cc(C(F)(F)F)ccn1)C2=O. The van der Waals surface area contributed by atoms with Crippen molar-refractivity contribution in [3.8, 4) is 0 Å². The summed E-state index contributed by atoms with van der Waals surface area (Å²) in [4.78, 5) is 38.8. The van der Waals surface area contributed by atoms with Crippen LogP contribution in [-0.4, -0.2) is 46.3 Å². The molecule has 1 aromatic carbocycles. The number of carbonyl (C=O) groups is 2. The Bertz CT molecular complexity index is 1360. The Hall–Kier alpha value is -3.49. The molecule has 36 heavy (non-hydrogen) atoms. The van der Waals surface area contributed by atoms with Crippen LogP contribution in [0.1, 0.15) is 59.6 Å². The molecule has 6 rings (SSSR count). The summed E-state index contributed by atoms with van der Waals surface area (Å²) in [6.45, 7) is 1.14. The molecule has 2 saturated heterocycles. The van der Waals surface area contributed by atoms with E-state index < -0.39 is 17.2 Å². The van der Waals surface area contributed by atoms with Crippen molar-refractivity contribution in [3.05, 3.63) is 65.5 Å². The van der Waals surface area contributed by atoms with Crippen LogP contribution in [0.25, 0.3) is 10.9 Å². The maximum atomic E-state index is 13.6. The summed E-state index contributed by atoms with van der Waals surface area (Å²) in [5.41, 5.74) is 0.783. The molecule has 1 aliphatic carbocycles. The third-order valence-corrected chi connectivity index (χ3v) is 7.84. The lowest BCUT2D eigenvalue weighted by Crippen LogP contribution is -2.47. The molecule has 0 atom stereocenters. The van der Waals surface area contributed by atoms with Gasteiger partial charge in [-0.1, -0.05) is 18.2 Å². The molecule has 2 amide bonds. The minimum Gasteiger partial charge on any atom is -0.337 e. The third kappa shape index (κ3) is 3.90. The molecule has 3 aromatic rings. The van der Waals surface area contributed by atoms with E-state index in [1.54, 1.807) is 4.90 Å². The van der Waals surface area contributed by atoms with Gasteiger partial charge in [0.1, 0.15) is 11.5 Å². The number of para-hydroxylation sites is 1. The highest BCUT2D eigenvalue weighted by Crippen LogP contribution is 2.45. The van der Waals surface area contributed by atoms with E-state index in [0.717, 1.165) is 47.6 Å². The van der Waals surface area contributed by atoms with Gasteiger partial charge >= 0.3 is 6.18 Å². The number of carbonyl (C=O) groups excluding carboxylic acids is 2.